The smallest absolute Gasteiger partial charge is 0.248 e. The normalized spacial score (nSPS) is 23.0. The molecule has 28 heteroatoms. The number of fused-ring (bicyclic) bond motifs is 1. The molecule has 6 N–H and O–H groups in total. The van der Waals surface area contributed by atoms with E-state index in [0.717, 1.165) is 34.0 Å². The van der Waals surface area contributed by atoms with Crippen molar-refractivity contribution in [2.45, 2.75) is 245 Å². The van der Waals surface area contributed by atoms with Crippen molar-refractivity contribution in [1.82, 2.24) is 65.8 Å². The minimum atomic E-state index is -1.89. The van der Waals surface area contributed by atoms with Gasteiger partial charge in [-0.3, -0.25) is 62.3 Å². The number of aliphatic hydroxyl groups is 1. The van der Waals surface area contributed by atoms with Crippen molar-refractivity contribution < 1.29 is 67.4 Å². The Labute approximate surface area is 661 Å². The molecule has 3 fully saturated rings. The SMILES string of the molecule is CC[C@H](C)[C@H](NC(=O)[C@H](CC(C)C)N(C)C(=O)[C@H](CC(C)C)N(C)C(=O)[C@H](Cc1cccc(Cl)c1)N(C)C(=O)[C@@H]1CC(=O)N(C)[C@@H](C)C(=O)N[C@@H](C(C)C)C(=O)N(C)[C@@H](Cc2ccccc2)C(=O)N[C@@H]([C@@H](C)O)C(=O)N2CCC[C@H]2C(=O)N(C)[C@@H](Cc2ccccc2)C(=O)N[C@@H](CC(C)C)C(=O)N1)C(=O)N1CCCCC1. The van der Waals surface area contributed by atoms with E-state index in [-0.39, 0.29) is 86.1 Å². The Morgan fingerprint density at radius 3 is 1.62 bits per heavy atom. The Morgan fingerprint density at radius 1 is 0.568 bits per heavy atom. The summed E-state index contributed by atoms with van der Waals surface area (Å²) in [6.07, 6.45) is 1.05. The Bertz CT molecular complexity index is 3710. The van der Waals surface area contributed by atoms with E-state index >= 15 is 38.4 Å². The molecule has 3 aliphatic heterocycles. The van der Waals surface area contributed by atoms with Crippen LogP contribution in [-0.2, 0) is 81.6 Å². The van der Waals surface area contributed by atoms with Crippen LogP contribution >= 0.6 is 11.6 Å². The highest BCUT2D eigenvalue weighted by molar-refractivity contribution is 6.30. The molecule has 0 radical (unpaired) electrons. The highest BCUT2D eigenvalue weighted by atomic mass is 35.5. The third-order valence-corrected chi connectivity index (χ3v) is 22.3. The zero-order valence-corrected chi connectivity index (χ0v) is 69.3. The molecule has 6 rings (SSSR count). The maximum Gasteiger partial charge on any atom is 0.248 e. The van der Waals surface area contributed by atoms with Gasteiger partial charge < -0.3 is 70.9 Å². The molecule has 612 valence electrons. The molecule has 3 saturated heterocycles. The van der Waals surface area contributed by atoms with Gasteiger partial charge in [-0.05, 0) is 124 Å². The summed E-state index contributed by atoms with van der Waals surface area (Å²) in [5.74, 6) is -11.3. The highest BCUT2D eigenvalue weighted by Gasteiger charge is 2.47. The van der Waals surface area contributed by atoms with Crippen LogP contribution in [0.15, 0.2) is 84.9 Å². The molecule has 0 aromatic heterocycles. The lowest BCUT2D eigenvalue weighted by Crippen LogP contribution is -2.62. The maximum atomic E-state index is 16.1. The topological polar surface area (TPSA) is 328 Å². The van der Waals surface area contributed by atoms with Crippen molar-refractivity contribution in [3.63, 3.8) is 0 Å². The van der Waals surface area contributed by atoms with E-state index in [1.807, 2.05) is 41.5 Å². The summed E-state index contributed by atoms with van der Waals surface area (Å²) in [6, 6.07) is 7.56. The predicted molar refractivity (Wildman–Crippen MR) is 424 cm³/mol. The second-order valence-electron chi connectivity index (χ2n) is 32.3. The van der Waals surface area contributed by atoms with E-state index < -0.39 is 162 Å². The van der Waals surface area contributed by atoms with Crippen molar-refractivity contribution in [3.8, 4) is 0 Å². The predicted octanol–water partition coefficient (Wildman–Crippen LogP) is 5.40. The van der Waals surface area contributed by atoms with E-state index in [4.69, 9.17) is 11.6 Å². The molecule has 3 aromatic carbocycles. The maximum absolute atomic E-state index is 16.1. The van der Waals surface area contributed by atoms with Gasteiger partial charge in [-0.25, -0.2) is 0 Å². The first-order valence-corrected chi connectivity index (χ1v) is 39.9. The van der Waals surface area contributed by atoms with Gasteiger partial charge in [-0.15, -0.1) is 0 Å². The molecule has 0 bridgehead atoms. The van der Waals surface area contributed by atoms with Gasteiger partial charge in [0, 0.05) is 86.2 Å². The van der Waals surface area contributed by atoms with Crippen molar-refractivity contribution in [3.05, 3.63) is 107 Å². The Balaban J connectivity index is 1.48. The van der Waals surface area contributed by atoms with Crippen LogP contribution in [0.25, 0.3) is 0 Å². The number of rotatable bonds is 25. The summed E-state index contributed by atoms with van der Waals surface area (Å²) < 4.78 is 0. The zero-order chi connectivity index (χ0) is 82.6. The highest BCUT2D eigenvalue weighted by Crippen LogP contribution is 2.28. The average molecular weight is 1560 g/mol. The third kappa shape index (κ3) is 24.5. The number of hydrogen-bond donors (Lipinski definition) is 6. The largest absolute Gasteiger partial charge is 0.391 e. The van der Waals surface area contributed by atoms with E-state index in [1.54, 1.807) is 118 Å². The first-order chi connectivity index (χ1) is 52.3. The number of nitrogens with zero attached hydrogens (tertiary/aromatic N) is 8. The van der Waals surface area contributed by atoms with Crippen LogP contribution in [0, 0.1) is 29.6 Å². The van der Waals surface area contributed by atoms with Gasteiger partial charge in [0.15, 0.2) is 0 Å². The zero-order valence-electron chi connectivity index (χ0n) is 68.5. The lowest BCUT2D eigenvalue weighted by molar-refractivity contribution is -0.153. The summed E-state index contributed by atoms with van der Waals surface area (Å²) >= 11 is 6.62. The minimum Gasteiger partial charge on any atom is -0.391 e. The molecule has 0 saturated carbocycles. The molecule has 3 aliphatic rings. The quantitative estimate of drug-likeness (QED) is 0.0619. The number of carbonyl (C=O) groups is 13. The van der Waals surface area contributed by atoms with Crippen molar-refractivity contribution in [1.29, 1.82) is 0 Å². The van der Waals surface area contributed by atoms with E-state index in [2.05, 4.69) is 26.6 Å². The van der Waals surface area contributed by atoms with Gasteiger partial charge in [0.1, 0.15) is 72.5 Å². The van der Waals surface area contributed by atoms with Gasteiger partial charge >= 0.3 is 0 Å². The van der Waals surface area contributed by atoms with Gasteiger partial charge in [-0.2, -0.15) is 0 Å². The molecule has 0 unspecified atom stereocenters. The standard InChI is InChI=1S/C83H124ClN13O14/c1-19-53(10)70(82(110)96-38-27-22-28-39-96)88-75(103)63(42-50(4)5)91(14)79(107)66(43-51(6)7)95(18)80(108)67(47-58-35-29-36-59(84)44-58)94(17)77(105)61-48-68(99)90(13)54(11)72(100)87-69(52(8)9)81(109)93(16)65(46-57-33-25-21-26-34-57)76(104)89-71(55(12)98)83(111)97-40-30-37-62(97)78(106)92(15)64(45-56-31-23-20-24-32-56)74(102)85-60(41-49(2)3)73(101)86-61/h20-21,23-26,29,31-36,44,49-55,60-67,69-71,98H,19,22,27-28,30,37-43,45-48H2,1-18H3,(H,85,102)(H,86,101)(H,87,100)(H,88,103)(H,89,104)/t53-,54-,55+,60-,61-,62-,63-,64-,65-,66-,67-,69-,70-,71-/m0/s1. The fourth-order valence-electron chi connectivity index (χ4n) is 14.7. The summed E-state index contributed by atoms with van der Waals surface area (Å²) in [5.41, 5.74) is 1.69. The van der Waals surface area contributed by atoms with Crippen LogP contribution in [-0.4, -0.2) is 262 Å². The number of nitrogens with one attached hydrogen (secondary N) is 5. The fourth-order valence-corrected chi connectivity index (χ4v) is 15.0. The van der Waals surface area contributed by atoms with E-state index in [0.29, 0.717) is 42.6 Å². The Hall–Kier alpha value is -8.98. The lowest BCUT2D eigenvalue weighted by Gasteiger charge is -2.39. The molecule has 13 amide bonds. The molecule has 0 spiro atoms. The summed E-state index contributed by atoms with van der Waals surface area (Å²) in [5, 5.41) is 25.9. The summed E-state index contributed by atoms with van der Waals surface area (Å²) in [4.78, 5) is 208. The molecular weight excluding hydrogens is 1440 g/mol. The number of piperidine rings is 1. The number of halogens is 1. The number of benzene rings is 3. The number of amides is 13. The van der Waals surface area contributed by atoms with Crippen LogP contribution in [0.5, 0.6) is 0 Å². The minimum absolute atomic E-state index is 0.0212. The van der Waals surface area contributed by atoms with Crippen molar-refractivity contribution >= 4 is 88.4 Å². The third-order valence-electron chi connectivity index (χ3n) is 22.0. The van der Waals surface area contributed by atoms with Gasteiger partial charge in [-0.1, -0.05) is 160 Å². The lowest BCUT2D eigenvalue weighted by atomic mass is 9.94. The molecule has 27 nitrogen and oxygen atoms in total. The number of hydrogen-bond acceptors (Lipinski definition) is 14. The van der Waals surface area contributed by atoms with Crippen LogP contribution in [0.4, 0.5) is 0 Å². The molecule has 3 heterocycles. The number of carbonyl (C=O) groups excluding carboxylic acids is 13. The number of likely N-dealkylation sites (N-methyl/N-ethyl adjacent to an activating group) is 6. The van der Waals surface area contributed by atoms with Gasteiger partial charge in [0.25, 0.3) is 0 Å². The summed E-state index contributed by atoms with van der Waals surface area (Å²) in [7, 11) is 8.31. The second-order valence-corrected chi connectivity index (χ2v) is 32.8. The van der Waals surface area contributed by atoms with Crippen LogP contribution < -0.4 is 26.6 Å². The van der Waals surface area contributed by atoms with Crippen molar-refractivity contribution in [2.24, 2.45) is 29.6 Å². The Kier molecular flexibility index (Phi) is 34.4. The fraction of sp³-hybridized carbons (Fsp3) is 0.627. The van der Waals surface area contributed by atoms with Crippen LogP contribution in [0.3, 0.4) is 0 Å². The van der Waals surface area contributed by atoms with Crippen molar-refractivity contribution in [2.75, 3.05) is 61.9 Å². The monoisotopic (exact) mass is 1560 g/mol. The summed E-state index contributed by atoms with van der Waals surface area (Å²) in [6.45, 7) is 22.2. The van der Waals surface area contributed by atoms with Gasteiger partial charge in [0.2, 0.25) is 76.8 Å². The van der Waals surface area contributed by atoms with Gasteiger partial charge in [0.05, 0.1) is 12.5 Å². The van der Waals surface area contributed by atoms with E-state index in [9.17, 15) is 29.1 Å². The molecule has 0 aliphatic carbocycles. The number of aliphatic hydroxyl groups excluding tert-OH is 1. The molecule has 3 aromatic rings. The average Bonchev–Trinajstić information content (AvgIpc) is 1.75. The van der Waals surface area contributed by atoms with Crippen LogP contribution in [0.1, 0.15) is 164 Å². The van der Waals surface area contributed by atoms with E-state index in [1.165, 1.54) is 75.7 Å². The molecular formula is C83H124ClN13O14. The van der Waals surface area contributed by atoms with Crippen LogP contribution in [0.2, 0.25) is 5.02 Å². The first kappa shape index (κ1) is 90.9. The Morgan fingerprint density at radius 2 is 1.09 bits per heavy atom. The molecule has 111 heavy (non-hydrogen) atoms. The molecule has 14 atom stereocenters. The number of likely N-dealkylation sites (tertiary alicyclic amines) is 1. The first-order valence-electron chi connectivity index (χ1n) is 39.5. The second kappa shape index (κ2) is 42.1.